The SMILES string of the molecule is C=CC[C@]12C(=O)C[C@H](C)C[C@H]1CC(OCOC)=C2C(=O)OC. The number of rotatable bonds is 6. The molecule has 1 fully saturated rings. The molecule has 0 amide bonds. The van der Waals surface area contributed by atoms with E-state index in [-0.39, 0.29) is 18.5 Å². The largest absolute Gasteiger partial charge is 0.471 e. The van der Waals surface area contributed by atoms with Crippen molar-refractivity contribution in [2.24, 2.45) is 17.3 Å². The van der Waals surface area contributed by atoms with Crippen LogP contribution in [0.4, 0.5) is 0 Å². The van der Waals surface area contributed by atoms with Crippen LogP contribution >= 0.6 is 0 Å². The summed E-state index contributed by atoms with van der Waals surface area (Å²) in [5.74, 6) is 0.507. The molecule has 0 unspecified atom stereocenters. The smallest absolute Gasteiger partial charge is 0.338 e. The first-order chi connectivity index (χ1) is 10.5. The van der Waals surface area contributed by atoms with Crippen LogP contribution in [0.2, 0.25) is 0 Å². The molecule has 0 radical (unpaired) electrons. The van der Waals surface area contributed by atoms with Gasteiger partial charge in [0.15, 0.2) is 6.79 Å². The van der Waals surface area contributed by atoms with Gasteiger partial charge in [-0.3, -0.25) is 4.79 Å². The number of hydrogen-bond acceptors (Lipinski definition) is 5. The summed E-state index contributed by atoms with van der Waals surface area (Å²) in [5.41, 5.74) is -0.474. The molecule has 0 heterocycles. The first kappa shape index (κ1) is 16.7. The highest BCUT2D eigenvalue weighted by Gasteiger charge is 2.58. The Bertz CT molecular complexity index is 507. The monoisotopic (exact) mass is 308 g/mol. The van der Waals surface area contributed by atoms with E-state index in [2.05, 4.69) is 13.5 Å². The van der Waals surface area contributed by atoms with Crippen LogP contribution in [0.25, 0.3) is 0 Å². The van der Waals surface area contributed by atoms with E-state index in [1.54, 1.807) is 6.08 Å². The number of methoxy groups -OCH3 is 2. The number of fused-ring (bicyclic) bond motifs is 1. The van der Waals surface area contributed by atoms with Gasteiger partial charge in [-0.1, -0.05) is 13.0 Å². The minimum absolute atomic E-state index is 0.0520. The third-order valence-corrected chi connectivity index (χ3v) is 4.78. The van der Waals surface area contributed by atoms with Crippen LogP contribution in [-0.4, -0.2) is 32.8 Å². The fraction of sp³-hybridized carbons (Fsp3) is 0.647. The molecule has 0 aliphatic heterocycles. The van der Waals surface area contributed by atoms with Gasteiger partial charge >= 0.3 is 5.97 Å². The van der Waals surface area contributed by atoms with Crippen LogP contribution in [-0.2, 0) is 23.8 Å². The normalized spacial score (nSPS) is 31.0. The molecular formula is C17H24O5. The van der Waals surface area contributed by atoms with Crippen LogP contribution in [0.15, 0.2) is 24.0 Å². The van der Waals surface area contributed by atoms with Gasteiger partial charge in [0.05, 0.1) is 18.1 Å². The van der Waals surface area contributed by atoms with Crippen molar-refractivity contribution in [1.82, 2.24) is 0 Å². The van der Waals surface area contributed by atoms with Crippen molar-refractivity contribution in [3.8, 4) is 0 Å². The Morgan fingerprint density at radius 1 is 1.41 bits per heavy atom. The summed E-state index contributed by atoms with van der Waals surface area (Å²) in [7, 11) is 2.85. The first-order valence-corrected chi connectivity index (χ1v) is 7.59. The first-order valence-electron chi connectivity index (χ1n) is 7.59. The molecule has 0 aromatic heterocycles. The van der Waals surface area contributed by atoms with Crippen molar-refractivity contribution < 1.29 is 23.8 Å². The van der Waals surface area contributed by atoms with Crippen molar-refractivity contribution in [1.29, 1.82) is 0 Å². The van der Waals surface area contributed by atoms with E-state index < -0.39 is 11.4 Å². The number of hydrogen-bond donors (Lipinski definition) is 0. The van der Waals surface area contributed by atoms with Crippen LogP contribution in [0.1, 0.15) is 32.6 Å². The second kappa shape index (κ2) is 6.65. The van der Waals surface area contributed by atoms with Gasteiger partial charge in [-0.15, -0.1) is 6.58 Å². The van der Waals surface area contributed by atoms with Gasteiger partial charge in [0.2, 0.25) is 0 Å². The van der Waals surface area contributed by atoms with Gasteiger partial charge in [-0.25, -0.2) is 4.79 Å². The van der Waals surface area contributed by atoms with E-state index in [4.69, 9.17) is 14.2 Å². The maximum Gasteiger partial charge on any atom is 0.338 e. The molecule has 2 rings (SSSR count). The standard InChI is InChI=1S/C17H24O5/c1-5-6-17-12(7-11(2)8-14(17)18)9-13(22-10-20-3)15(17)16(19)21-4/h5,11-12H,1,6-10H2,2-4H3/t11-,12+,17-/m1/s1. The number of carbonyl (C=O) groups excluding carboxylic acids is 2. The zero-order valence-electron chi connectivity index (χ0n) is 13.5. The summed E-state index contributed by atoms with van der Waals surface area (Å²) in [6, 6.07) is 0. The fourth-order valence-electron chi connectivity index (χ4n) is 3.94. The summed E-state index contributed by atoms with van der Waals surface area (Å²) in [6.07, 6.45) is 4.08. The molecule has 0 aromatic rings. The Morgan fingerprint density at radius 2 is 2.14 bits per heavy atom. The number of esters is 1. The molecule has 2 aliphatic carbocycles. The topological polar surface area (TPSA) is 61.8 Å². The molecule has 1 saturated carbocycles. The molecule has 0 bridgehead atoms. The van der Waals surface area contributed by atoms with Crippen molar-refractivity contribution in [2.45, 2.75) is 32.6 Å². The Hall–Kier alpha value is -1.62. The lowest BCUT2D eigenvalue weighted by atomic mass is 9.60. The average molecular weight is 308 g/mol. The molecule has 2 aliphatic rings. The van der Waals surface area contributed by atoms with Crippen molar-refractivity contribution in [3.05, 3.63) is 24.0 Å². The van der Waals surface area contributed by atoms with Crippen LogP contribution < -0.4 is 0 Å². The molecule has 0 saturated heterocycles. The highest BCUT2D eigenvalue weighted by molar-refractivity contribution is 6.03. The number of ether oxygens (including phenoxy) is 3. The summed E-state index contributed by atoms with van der Waals surface area (Å²) in [6.45, 7) is 5.90. The van der Waals surface area contributed by atoms with E-state index in [0.717, 1.165) is 6.42 Å². The molecule has 0 N–H and O–H groups in total. The zero-order valence-corrected chi connectivity index (χ0v) is 13.5. The van der Waals surface area contributed by atoms with E-state index in [1.807, 2.05) is 0 Å². The maximum atomic E-state index is 12.9. The maximum absolute atomic E-state index is 12.9. The van der Waals surface area contributed by atoms with Gasteiger partial charge in [-0.05, 0) is 24.7 Å². The van der Waals surface area contributed by atoms with E-state index >= 15 is 0 Å². The Kier molecular flexibility index (Phi) is 5.06. The minimum Gasteiger partial charge on any atom is -0.471 e. The van der Waals surface area contributed by atoms with Gasteiger partial charge in [0.25, 0.3) is 0 Å². The zero-order chi connectivity index (χ0) is 16.3. The Balaban J connectivity index is 2.51. The summed E-state index contributed by atoms with van der Waals surface area (Å²) in [4.78, 5) is 25.2. The fourth-order valence-corrected chi connectivity index (χ4v) is 3.94. The molecule has 22 heavy (non-hydrogen) atoms. The highest BCUT2D eigenvalue weighted by Crippen LogP contribution is 2.57. The summed E-state index contributed by atoms with van der Waals surface area (Å²) >= 11 is 0. The van der Waals surface area contributed by atoms with Crippen molar-refractivity contribution >= 4 is 11.8 Å². The summed E-state index contributed by atoms with van der Waals surface area (Å²) < 4.78 is 15.5. The predicted octanol–water partition coefficient (Wildman–Crippen LogP) is 2.62. The molecule has 3 atom stereocenters. The van der Waals surface area contributed by atoms with Gasteiger partial charge in [-0.2, -0.15) is 0 Å². The second-order valence-electron chi connectivity index (χ2n) is 6.17. The lowest BCUT2D eigenvalue weighted by Gasteiger charge is -2.40. The number of allylic oxidation sites excluding steroid dienone is 2. The van der Waals surface area contributed by atoms with Crippen LogP contribution in [0, 0.1) is 17.3 Å². The van der Waals surface area contributed by atoms with Crippen molar-refractivity contribution in [3.63, 3.8) is 0 Å². The highest BCUT2D eigenvalue weighted by atomic mass is 16.7. The van der Waals surface area contributed by atoms with Gasteiger partial charge < -0.3 is 14.2 Å². The number of ketones is 1. The predicted molar refractivity (Wildman–Crippen MR) is 80.8 cm³/mol. The Labute approximate surface area is 131 Å². The quantitative estimate of drug-likeness (QED) is 0.429. The van der Waals surface area contributed by atoms with Gasteiger partial charge in [0.1, 0.15) is 11.5 Å². The van der Waals surface area contributed by atoms with E-state index in [9.17, 15) is 9.59 Å². The summed E-state index contributed by atoms with van der Waals surface area (Å²) in [5, 5.41) is 0. The van der Waals surface area contributed by atoms with Crippen LogP contribution in [0.3, 0.4) is 0 Å². The molecule has 5 nitrogen and oxygen atoms in total. The van der Waals surface area contributed by atoms with E-state index in [1.165, 1.54) is 14.2 Å². The number of carbonyl (C=O) groups is 2. The average Bonchev–Trinajstić information content (AvgIpc) is 2.79. The molecule has 122 valence electrons. The third-order valence-electron chi connectivity index (χ3n) is 4.78. The molecular weight excluding hydrogens is 284 g/mol. The molecule has 0 spiro atoms. The minimum atomic E-state index is -0.843. The lowest BCUT2D eigenvalue weighted by Crippen LogP contribution is -2.44. The van der Waals surface area contributed by atoms with E-state index in [0.29, 0.717) is 36.5 Å². The third kappa shape index (κ3) is 2.58. The van der Waals surface area contributed by atoms with Gasteiger partial charge in [0, 0.05) is 20.0 Å². The molecule has 0 aromatic carbocycles. The van der Waals surface area contributed by atoms with Crippen LogP contribution in [0.5, 0.6) is 0 Å². The number of Topliss-reactive ketones (excluding diaryl/α,β-unsaturated/α-hetero) is 1. The second-order valence-corrected chi connectivity index (χ2v) is 6.17. The molecule has 5 heteroatoms. The lowest BCUT2D eigenvalue weighted by molar-refractivity contribution is -0.143. The van der Waals surface area contributed by atoms with Crippen molar-refractivity contribution in [2.75, 3.05) is 21.0 Å². The Morgan fingerprint density at radius 3 is 2.73 bits per heavy atom.